The van der Waals surface area contributed by atoms with Crippen LogP contribution < -0.4 is 5.73 Å². The van der Waals surface area contributed by atoms with E-state index in [0.29, 0.717) is 6.54 Å². The van der Waals surface area contributed by atoms with Crippen molar-refractivity contribution in [3.8, 4) is 0 Å². The van der Waals surface area contributed by atoms with E-state index in [-0.39, 0.29) is 29.0 Å². The third-order valence-corrected chi connectivity index (χ3v) is 3.15. The van der Waals surface area contributed by atoms with E-state index in [2.05, 4.69) is 12.6 Å². The third kappa shape index (κ3) is 2.87. The molecule has 1 rings (SSSR count). The second-order valence-corrected chi connectivity index (χ2v) is 4.97. The molecule has 0 bridgehead atoms. The zero-order valence-corrected chi connectivity index (χ0v) is 10.0. The zero-order valence-electron chi connectivity index (χ0n) is 9.14. The van der Waals surface area contributed by atoms with Gasteiger partial charge in [0.25, 0.3) is 0 Å². The lowest BCUT2D eigenvalue weighted by molar-refractivity contribution is -0.136. The summed E-state index contributed by atoms with van der Waals surface area (Å²) < 4.78 is 0. The first-order chi connectivity index (χ1) is 6.93. The lowest BCUT2D eigenvalue weighted by Gasteiger charge is -2.37. The van der Waals surface area contributed by atoms with E-state index in [9.17, 15) is 9.59 Å². The van der Waals surface area contributed by atoms with Gasteiger partial charge in [0.15, 0.2) is 0 Å². The quantitative estimate of drug-likeness (QED) is 0.675. The first-order valence-electron chi connectivity index (χ1n) is 5.21. The summed E-state index contributed by atoms with van der Waals surface area (Å²) in [6.45, 7) is 4.18. The highest BCUT2D eigenvalue weighted by Crippen LogP contribution is 2.22. The van der Waals surface area contributed by atoms with Crippen LogP contribution in [0.15, 0.2) is 0 Å². The molecule has 1 aliphatic rings. The number of likely N-dealkylation sites (tertiary alicyclic amines) is 1. The molecular weight excluding hydrogens is 212 g/mol. The first-order valence-corrected chi connectivity index (χ1v) is 5.73. The fourth-order valence-electron chi connectivity index (χ4n) is 1.89. The van der Waals surface area contributed by atoms with E-state index in [1.807, 2.05) is 6.92 Å². The lowest BCUT2D eigenvalue weighted by atomic mass is 9.92. The van der Waals surface area contributed by atoms with Gasteiger partial charge in [0.05, 0.1) is 11.2 Å². The van der Waals surface area contributed by atoms with Crippen molar-refractivity contribution in [1.82, 2.24) is 4.90 Å². The SMILES string of the molecule is CC(S)C(=O)N1CC(C(N)=O)CCC1C. The smallest absolute Gasteiger partial charge is 0.235 e. The third-order valence-electron chi connectivity index (χ3n) is 2.92. The van der Waals surface area contributed by atoms with E-state index >= 15 is 0 Å². The van der Waals surface area contributed by atoms with Crippen molar-refractivity contribution in [2.75, 3.05) is 6.54 Å². The molecule has 1 aliphatic heterocycles. The number of piperidine rings is 1. The first kappa shape index (κ1) is 12.4. The number of nitrogens with zero attached hydrogens (tertiary/aromatic N) is 1. The Bertz CT molecular complexity index is 268. The van der Waals surface area contributed by atoms with Crippen molar-refractivity contribution in [3.63, 3.8) is 0 Å². The second-order valence-electron chi connectivity index (χ2n) is 4.19. The summed E-state index contributed by atoms with van der Waals surface area (Å²) in [6, 6.07) is 0.183. The summed E-state index contributed by atoms with van der Waals surface area (Å²) in [5.74, 6) is -0.527. The number of thiol groups is 1. The van der Waals surface area contributed by atoms with Gasteiger partial charge >= 0.3 is 0 Å². The average molecular weight is 230 g/mol. The summed E-state index contributed by atoms with van der Waals surface area (Å²) in [6.07, 6.45) is 1.61. The molecule has 1 fully saturated rings. The summed E-state index contributed by atoms with van der Waals surface area (Å²) in [5.41, 5.74) is 5.26. The van der Waals surface area contributed by atoms with Crippen molar-refractivity contribution in [2.24, 2.45) is 11.7 Å². The van der Waals surface area contributed by atoms with Gasteiger partial charge < -0.3 is 10.6 Å². The molecule has 0 aromatic heterocycles. The van der Waals surface area contributed by atoms with Gasteiger partial charge in [0.1, 0.15) is 0 Å². The van der Waals surface area contributed by atoms with Gasteiger partial charge in [-0.1, -0.05) is 0 Å². The van der Waals surface area contributed by atoms with Crippen LogP contribution in [0.3, 0.4) is 0 Å². The van der Waals surface area contributed by atoms with Crippen molar-refractivity contribution in [3.05, 3.63) is 0 Å². The predicted molar refractivity (Wildman–Crippen MR) is 61.5 cm³/mol. The minimum absolute atomic E-state index is 0.0169. The lowest BCUT2D eigenvalue weighted by Crippen LogP contribution is -2.50. The second kappa shape index (κ2) is 4.88. The Balaban J connectivity index is 2.69. The molecule has 5 heteroatoms. The number of carbonyl (C=O) groups is 2. The topological polar surface area (TPSA) is 63.4 Å². The molecule has 0 aliphatic carbocycles. The molecule has 2 N–H and O–H groups in total. The van der Waals surface area contributed by atoms with Gasteiger partial charge in [-0.2, -0.15) is 12.6 Å². The minimum Gasteiger partial charge on any atom is -0.369 e. The normalized spacial score (nSPS) is 28.6. The number of hydrogen-bond acceptors (Lipinski definition) is 3. The maximum absolute atomic E-state index is 11.8. The summed E-state index contributed by atoms with van der Waals surface area (Å²) in [7, 11) is 0. The van der Waals surface area contributed by atoms with Crippen LogP contribution >= 0.6 is 12.6 Å². The highest BCUT2D eigenvalue weighted by atomic mass is 32.1. The van der Waals surface area contributed by atoms with E-state index in [4.69, 9.17) is 5.73 Å². The van der Waals surface area contributed by atoms with Gasteiger partial charge in [-0.05, 0) is 26.7 Å². The van der Waals surface area contributed by atoms with E-state index < -0.39 is 0 Å². The van der Waals surface area contributed by atoms with Gasteiger partial charge in [-0.25, -0.2) is 0 Å². The molecule has 4 nitrogen and oxygen atoms in total. The highest BCUT2D eigenvalue weighted by Gasteiger charge is 2.32. The Morgan fingerprint density at radius 1 is 1.47 bits per heavy atom. The van der Waals surface area contributed by atoms with Gasteiger partial charge in [0.2, 0.25) is 11.8 Å². The largest absolute Gasteiger partial charge is 0.369 e. The van der Waals surface area contributed by atoms with Crippen LogP contribution in [-0.4, -0.2) is 34.6 Å². The van der Waals surface area contributed by atoms with Crippen molar-refractivity contribution in [1.29, 1.82) is 0 Å². The molecular formula is C10H18N2O2S. The molecule has 2 amide bonds. The van der Waals surface area contributed by atoms with Crippen LogP contribution in [0, 0.1) is 5.92 Å². The average Bonchev–Trinajstić information content (AvgIpc) is 2.16. The van der Waals surface area contributed by atoms with E-state index in [0.717, 1.165) is 12.8 Å². The molecule has 3 unspecified atom stereocenters. The maximum atomic E-state index is 11.8. The molecule has 0 aromatic rings. The van der Waals surface area contributed by atoms with Crippen LogP contribution in [0.1, 0.15) is 26.7 Å². The van der Waals surface area contributed by atoms with E-state index in [1.165, 1.54) is 0 Å². The molecule has 86 valence electrons. The fraction of sp³-hybridized carbons (Fsp3) is 0.800. The van der Waals surface area contributed by atoms with Crippen LogP contribution in [-0.2, 0) is 9.59 Å². The minimum atomic E-state index is -0.320. The number of amides is 2. The number of primary amides is 1. The fourth-order valence-corrected chi connectivity index (χ4v) is 2.03. The standard InChI is InChI=1S/C10H18N2O2S/c1-6-3-4-8(9(11)13)5-12(6)10(14)7(2)15/h6-8,15H,3-5H2,1-2H3,(H2,11,13). The Labute approximate surface area is 95.6 Å². The van der Waals surface area contributed by atoms with Gasteiger partial charge in [-0.15, -0.1) is 0 Å². The zero-order chi connectivity index (χ0) is 11.6. The molecule has 0 spiro atoms. The van der Waals surface area contributed by atoms with Crippen molar-refractivity contribution in [2.45, 2.75) is 38.0 Å². The van der Waals surface area contributed by atoms with Crippen molar-refractivity contribution < 1.29 is 9.59 Å². The maximum Gasteiger partial charge on any atom is 0.235 e. The molecule has 1 heterocycles. The van der Waals surface area contributed by atoms with Crippen LogP contribution in [0.5, 0.6) is 0 Å². The van der Waals surface area contributed by atoms with Crippen LogP contribution in [0.25, 0.3) is 0 Å². The number of carbonyl (C=O) groups excluding carboxylic acids is 2. The molecule has 0 saturated carbocycles. The Morgan fingerprint density at radius 3 is 2.53 bits per heavy atom. The van der Waals surface area contributed by atoms with Crippen LogP contribution in [0.4, 0.5) is 0 Å². The predicted octanol–water partition coefficient (Wildman–Crippen LogP) is 0.417. The molecule has 1 saturated heterocycles. The number of rotatable bonds is 2. The van der Waals surface area contributed by atoms with Gasteiger partial charge in [0, 0.05) is 12.6 Å². The summed E-state index contributed by atoms with van der Waals surface area (Å²) in [5, 5.41) is -0.320. The highest BCUT2D eigenvalue weighted by molar-refractivity contribution is 7.81. The molecule has 3 atom stereocenters. The monoisotopic (exact) mass is 230 g/mol. The molecule has 0 aromatic carbocycles. The van der Waals surface area contributed by atoms with E-state index in [1.54, 1.807) is 11.8 Å². The summed E-state index contributed by atoms with van der Waals surface area (Å²) in [4.78, 5) is 24.6. The molecule has 15 heavy (non-hydrogen) atoms. The summed E-state index contributed by atoms with van der Waals surface area (Å²) >= 11 is 4.12. The van der Waals surface area contributed by atoms with Crippen LogP contribution in [0.2, 0.25) is 0 Å². The number of nitrogens with two attached hydrogens (primary N) is 1. The van der Waals surface area contributed by atoms with Crippen molar-refractivity contribution >= 4 is 24.4 Å². The molecule has 0 radical (unpaired) electrons. The Kier molecular flexibility index (Phi) is 4.02. The Hall–Kier alpha value is -0.710. The number of hydrogen-bond donors (Lipinski definition) is 2. The Morgan fingerprint density at radius 2 is 2.07 bits per heavy atom. The van der Waals surface area contributed by atoms with Gasteiger partial charge in [-0.3, -0.25) is 9.59 Å².